The third kappa shape index (κ3) is 4.84. The van der Waals surface area contributed by atoms with Crippen LogP contribution in [0.5, 0.6) is 11.5 Å². The zero-order valence-electron chi connectivity index (χ0n) is 13.2. The Morgan fingerprint density at radius 1 is 1.32 bits per heavy atom. The van der Waals surface area contributed by atoms with Gasteiger partial charge in [-0.1, -0.05) is 12.1 Å². The number of aromatic hydroxyl groups is 1. The molecule has 0 spiro atoms. The molecule has 0 heterocycles. The molecular formula is C18H14Br2N2O3. The van der Waals surface area contributed by atoms with Crippen molar-refractivity contribution in [3.8, 4) is 17.6 Å². The van der Waals surface area contributed by atoms with Gasteiger partial charge in [-0.3, -0.25) is 4.79 Å². The van der Waals surface area contributed by atoms with E-state index >= 15 is 0 Å². The van der Waals surface area contributed by atoms with Crippen molar-refractivity contribution in [2.24, 2.45) is 0 Å². The Labute approximate surface area is 162 Å². The van der Waals surface area contributed by atoms with Gasteiger partial charge >= 0.3 is 0 Å². The average Bonchev–Trinajstić information content (AvgIpc) is 2.59. The van der Waals surface area contributed by atoms with Crippen molar-refractivity contribution >= 4 is 49.5 Å². The molecule has 5 nitrogen and oxygen atoms in total. The molecule has 128 valence electrons. The van der Waals surface area contributed by atoms with E-state index in [1.165, 1.54) is 6.08 Å². The summed E-state index contributed by atoms with van der Waals surface area (Å²) in [6.45, 7) is 2.17. The number of carbonyl (C=O) groups is 1. The van der Waals surface area contributed by atoms with E-state index in [2.05, 4.69) is 37.2 Å². The van der Waals surface area contributed by atoms with Gasteiger partial charge in [-0.2, -0.15) is 5.26 Å². The fourth-order valence-electron chi connectivity index (χ4n) is 2.01. The fraction of sp³-hybridized carbons (Fsp3) is 0.111. The number of halogens is 2. The van der Waals surface area contributed by atoms with Crippen molar-refractivity contribution in [3.05, 3.63) is 56.5 Å². The summed E-state index contributed by atoms with van der Waals surface area (Å²) in [4.78, 5) is 12.3. The van der Waals surface area contributed by atoms with Crippen LogP contribution < -0.4 is 10.1 Å². The number of anilines is 1. The van der Waals surface area contributed by atoms with Gasteiger partial charge in [0.25, 0.3) is 5.91 Å². The van der Waals surface area contributed by atoms with Crippen molar-refractivity contribution in [3.63, 3.8) is 0 Å². The molecule has 0 aliphatic heterocycles. The number of benzene rings is 2. The zero-order valence-corrected chi connectivity index (χ0v) is 16.4. The van der Waals surface area contributed by atoms with E-state index in [4.69, 9.17) is 4.74 Å². The molecule has 2 rings (SSSR count). The second-order valence-corrected chi connectivity index (χ2v) is 6.59. The molecule has 25 heavy (non-hydrogen) atoms. The largest absolute Gasteiger partial charge is 0.503 e. The molecule has 2 aromatic rings. The van der Waals surface area contributed by atoms with Gasteiger partial charge in [-0.15, -0.1) is 0 Å². The standard InChI is InChI=1S/C18H14Br2N2O3/c1-2-25-16-9-11(8-14(20)17(16)23)7-12(10-21)18(24)22-15-6-4-3-5-13(15)19/h3-9,23H,2H2,1H3,(H,22,24)/b12-7+. The minimum atomic E-state index is -0.531. The Balaban J connectivity index is 2.32. The molecule has 0 atom stereocenters. The van der Waals surface area contributed by atoms with Gasteiger partial charge in [0.15, 0.2) is 11.5 Å². The molecule has 7 heteroatoms. The summed E-state index contributed by atoms with van der Waals surface area (Å²) >= 11 is 6.57. The van der Waals surface area contributed by atoms with Gasteiger partial charge < -0.3 is 15.2 Å². The summed E-state index contributed by atoms with van der Waals surface area (Å²) < 4.78 is 6.47. The summed E-state index contributed by atoms with van der Waals surface area (Å²) in [6, 6.07) is 12.2. The second-order valence-electron chi connectivity index (χ2n) is 4.89. The maximum atomic E-state index is 12.3. The first-order valence-corrected chi connectivity index (χ1v) is 8.87. The number of hydrogen-bond donors (Lipinski definition) is 2. The van der Waals surface area contributed by atoms with Crippen LogP contribution in [0.1, 0.15) is 12.5 Å². The number of para-hydroxylation sites is 1. The van der Waals surface area contributed by atoms with Gasteiger partial charge in [0.2, 0.25) is 0 Å². The molecule has 0 fully saturated rings. The molecule has 0 aromatic heterocycles. The Morgan fingerprint density at radius 3 is 2.68 bits per heavy atom. The molecule has 0 bridgehead atoms. The quantitative estimate of drug-likeness (QED) is 0.487. The van der Waals surface area contributed by atoms with Crippen molar-refractivity contribution in [1.29, 1.82) is 5.26 Å². The summed E-state index contributed by atoms with van der Waals surface area (Å²) in [5.41, 5.74) is 1.04. The maximum absolute atomic E-state index is 12.3. The maximum Gasteiger partial charge on any atom is 0.266 e. The van der Waals surface area contributed by atoms with Crippen LogP contribution in [0.2, 0.25) is 0 Å². The van der Waals surface area contributed by atoms with E-state index in [0.717, 1.165) is 0 Å². The minimum Gasteiger partial charge on any atom is -0.503 e. The highest BCUT2D eigenvalue weighted by Crippen LogP contribution is 2.36. The number of carbonyl (C=O) groups excluding carboxylic acids is 1. The van der Waals surface area contributed by atoms with Crippen LogP contribution in [-0.2, 0) is 4.79 Å². The second kappa shape index (κ2) is 8.70. The normalized spacial score (nSPS) is 10.9. The van der Waals surface area contributed by atoms with Gasteiger partial charge in [0.05, 0.1) is 16.8 Å². The lowest BCUT2D eigenvalue weighted by atomic mass is 10.1. The third-order valence-electron chi connectivity index (χ3n) is 3.15. The number of nitriles is 1. The highest BCUT2D eigenvalue weighted by molar-refractivity contribution is 9.11. The van der Waals surface area contributed by atoms with Crippen LogP contribution >= 0.6 is 31.9 Å². The smallest absolute Gasteiger partial charge is 0.266 e. The van der Waals surface area contributed by atoms with E-state index in [-0.39, 0.29) is 17.1 Å². The third-order valence-corrected chi connectivity index (χ3v) is 4.44. The van der Waals surface area contributed by atoms with Crippen molar-refractivity contribution in [1.82, 2.24) is 0 Å². The number of phenols is 1. The van der Waals surface area contributed by atoms with Crippen LogP contribution in [0.25, 0.3) is 6.08 Å². The number of hydrogen-bond acceptors (Lipinski definition) is 4. The van der Waals surface area contributed by atoms with Gasteiger partial charge in [0, 0.05) is 4.47 Å². The van der Waals surface area contributed by atoms with E-state index in [1.54, 1.807) is 37.3 Å². The first-order chi connectivity index (χ1) is 12.0. The number of rotatable bonds is 5. The van der Waals surface area contributed by atoms with E-state index in [9.17, 15) is 15.2 Å². The van der Waals surface area contributed by atoms with E-state index in [1.807, 2.05) is 12.1 Å². The minimum absolute atomic E-state index is 0.0322. The van der Waals surface area contributed by atoms with Gasteiger partial charge in [-0.25, -0.2) is 0 Å². The number of ether oxygens (including phenoxy) is 1. The number of amides is 1. The summed E-state index contributed by atoms with van der Waals surface area (Å²) in [5, 5.41) is 21.9. The Bertz CT molecular complexity index is 873. The molecule has 2 N–H and O–H groups in total. The van der Waals surface area contributed by atoms with Crippen LogP contribution in [0.15, 0.2) is 50.9 Å². The topological polar surface area (TPSA) is 82.3 Å². The van der Waals surface area contributed by atoms with Crippen molar-refractivity contribution in [2.75, 3.05) is 11.9 Å². The average molecular weight is 466 g/mol. The lowest BCUT2D eigenvalue weighted by Gasteiger charge is -2.09. The monoisotopic (exact) mass is 464 g/mol. The zero-order chi connectivity index (χ0) is 18.4. The first-order valence-electron chi connectivity index (χ1n) is 7.29. The van der Waals surface area contributed by atoms with E-state index < -0.39 is 5.91 Å². The van der Waals surface area contributed by atoms with Crippen LogP contribution in [0.4, 0.5) is 5.69 Å². The van der Waals surface area contributed by atoms with Gasteiger partial charge in [0.1, 0.15) is 11.6 Å². The molecule has 1 amide bonds. The lowest BCUT2D eigenvalue weighted by molar-refractivity contribution is -0.112. The Morgan fingerprint density at radius 2 is 2.04 bits per heavy atom. The summed E-state index contributed by atoms with van der Waals surface area (Å²) in [5.74, 6) is -0.293. The molecule has 0 unspecified atom stereocenters. The SMILES string of the molecule is CCOc1cc(/C=C(\C#N)C(=O)Nc2ccccc2Br)cc(Br)c1O. The van der Waals surface area contributed by atoms with Crippen LogP contribution in [0.3, 0.4) is 0 Å². The predicted molar refractivity (Wildman–Crippen MR) is 103 cm³/mol. The molecule has 2 aromatic carbocycles. The lowest BCUT2D eigenvalue weighted by Crippen LogP contribution is -2.13. The van der Waals surface area contributed by atoms with Crippen LogP contribution in [0, 0.1) is 11.3 Å². The Kier molecular flexibility index (Phi) is 6.62. The Hall–Kier alpha value is -2.30. The van der Waals surface area contributed by atoms with Gasteiger partial charge in [-0.05, 0) is 74.7 Å². The summed E-state index contributed by atoms with van der Waals surface area (Å²) in [7, 11) is 0. The fourth-order valence-corrected chi connectivity index (χ4v) is 2.85. The molecule has 0 saturated carbocycles. The highest BCUT2D eigenvalue weighted by atomic mass is 79.9. The molecule has 0 radical (unpaired) electrons. The van der Waals surface area contributed by atoms with E-state index in [0.29, 0.717) is 26.8 Å². The van der Waals surface area contributed by atoms with Crippen molar-refractivity contribution < 1.29 is 14.6 Å². The summed E-state index contributed by atoms with van der Waals surface area (Å²) in [6.07, 6.45) is 1.43. The number of phenolic OH excluding ortho intramolecular Hbond substituents is 1. The molecule has 0 aliphatic rings. The molecule has 0 aliphatic carbocycles. The first kappa shape index (κ1) is 19.0. The van der Waals surface area contributed by atoms with Crippen molar-refractivity contribution in [2.45, 2.75) is 6.92 Å². The predicted octanol–water partition coefficient (Wildman–Crippen LogP) is 4.86. The van der Waals surface area contributed by atoms with Crippen LogP contribution in [-0.4, -0.2) is 17.6 Å². The molecular weight excluding hydrogens is 452 g/mol. The number of nitrogens with zero attached hydrogens (tertiary/aromatic N) is 1. The molecule has 0 saturated heterocycles. The highest BCUT2D eigenvalue weighted by Gasteiger charge is 2.13. The number of nitrogens with one attached hydrogen (secondary N) is 1.